The minimum atomic E-state index is -1.23. The number of pyridine rings is 1. The van der Waals surface area contributed by atoms with Crippen LogP contribution in [0.25, 0.3) is 38.1 Å². The van der Waals surface area contributed by atoms with Crippen molar-refractivity contribution in [2.75, 3.05) is 0 Å². The van der Waals surface area contributed by atoms with Gasteiger partial charge in [0.1, 0.15) is 5.82 Å². The van der Waals surface area contributed by atoms with Crippen molar-refractivity contribution in [3.8, 4) is 11.1 Å². The minimum absolute atomic E-state index is 0.0196. The predicted molar refractivity (Wildman–Crippen MR) is 172 cm³/mol. The Balaban J connectivity index is 2.12. The summed E-state index contributed by atoms with van der Waals surface area (Å²) in [5.41, 5.74) is 23.8. The van der Waals surface area contributed by atoms with Crippen molar-refractivity contribution < 1.29 is 29.2 Å². The largest absolute Gasteiger partial charge is 0.481 e. The first kappa shape index (κ1) is 35.7. The first-order valence-electron chi connectivity index (χ1n) is 14.8. The third-order valence-electron chi connectivity index (χ3n) is 7.06. The third kappa shape index (κ3) is 10.1. The lowest BCUT2D eigenvalue weighted by molar-refractivity contribution is -0.139. The highest BCUT2D eigenvalue weighted by atomic mass is 19.1. The molecule has 13 heteroatoms. The monoisotopic (exact) mass is 631 g/mol. The van der Waals surface area contributed by atoms with Crippen LogP contribution in [0.1, 0.15) is 86.0 Å². The van der Waals surface area contributed by atoms with E-state index in [1.54, 1.807) is 36.4 Å². The molecule has 1 aromatic heterocycles. The number of benzene rings is 2. The van der Waals surface area contributed by atoms with Gasteiger partial charge in [-0.05, 0) is 69.4 Å². The lowest BCUT2D eigenvalue weighted by Gasteiger charge is -2.24. The van der Waals surface area contributed by atoms with Gasteiger partial charge in [-0.1, -0.05) is 68.3 Å². The van der Waals surface area contributed by atoms with Crippen LogP contribution in [-0.4, -0.2) is 38.5 Å². The standard InChI is InChI=1S/C33H38FN7O5/c1-19(2)32-28(10-9-26(42)14-27(43)15-30(44)45)31(23-5-7-24(34)8-6-23)29(33(38-32)20(3)4)18-46-17-22-11-21(16-37-40-35)12-25(13-22)39-41-36/h5-13,19-20,26-27,42-43H,14-18H2,1-4H3,(H,44,45)/b10-9-/t26-,27-/m1/s1. The Labute approximate surface area is 266 Å². The number of hydrogen-bond acceptors (Lipinski definition) is 7. The van der Waals surface area contributed by atoms with E-state index < -0.39 is 30.4 Å². The van der Waals surface area contributed by atoms with Gasteiger partial charge in [0.15, 0.2) is 0 Å². The highest BCUT2D eigenvalue weighted by Crippen LogP contribution is 2.38. The number of aliphatic hydroxyl groups excluding tert-OH is 2. The molecule has 0 radical (unpaired) electrons. The highest BCUT2D eigenvalue weighted by Gasteiger charge is 2.23. The molecule has 0 aliphatic carbocycles. The SMILES string of the molecule is CC(C)c1nc(C(C)C)c(COCc2cc(CN=[N+]=[N-])cc(N=[N+]=[N-])c2)c(-c2ccc(F)cc2)c1/C=C\[C@@H](O)C[C@@H](O)CC(=O)O. The maximum atomic E-state index is 14.1. The second kappa shape index (κ2) is 17.1. The molecule has 242 valence electrons. The molecule has 12 nitrogen and oxygen atoms in total. The molecule has 0 aliphatic rings. The topological polar surface area (TPSA) is 197 Å². The number of aromatic nitrogens is 1. The van der Waals surface area contributed by atoms with Crippen LogP contribution >= 0.6 is 0 Å². The van der Waals surface area contributed by atoms with Crippen molar-refractivity contribution in [3.63, 3.8) is 0 Å². The number of azide groups is 2. The Morgan fingerprint density at radius 1 is 1.00 bits per heavy atom. The number of carboxylic acid groups (broad SMARTS) is 1. The number of ether oxygens (including phenoxy) is 1. The number of aliphatic hydroxyl groups is 2. The van der Waals surface area contributed by atoms with Gasteiger partial charge in [-0.25, -0.2) is 4.39 Å². The van der Waals surface area contributed by atoms with Crippen LogP contribution in [0.3, 0.4) is 0 Å². The Bertz CT molecular complexity index is 1650. The molecule has 0 amide bonds. The van der Waals surface area contributed by atoms with E-state index in [-0.39, 0.29) is 38.0 Å². The van der Waals surface area contributed by atoms with Crippen LogP contribution in [0.2, 0.25) is 0 Å². The van der Waals surface area contributed by atoms with E-state index in [0.717, 1.165) is 22.5 Å². The molecule has 0 fully saturated rings. The molecule has 0 aliphatic heterocycles. The quantitative estimate of drug-likeness (QED) is 0.0808. The van der Waals surface area contributed by atoms with Gasteiger partial charge in [0, 0.05) is 38.8 Å². The average Bonchev–Trinajstić information content (AvgIpc) is 2.98. The third-order valence-corrected chi connectivity index (χ3v) is 7.06. The van der Waals surface area contributed by atoms with Crippen LogP contribution in [0, 0.1) is 5.82 Å². The smallest absolute Gasteiger partial charge is 0.305 e. The number of nitrogens with zero attached hydrogens (tertiary/aromatic N) is 7. The number of carbonyl (C=O) groups is 1. The van der Waals surface area contributed by atoms with Gasteiger partial charge in [-0.15, -0.1) is 0 Å². The van der Waals surface area contributed by atoms with E-state index in [2.05, 4.69) is 20.1 Å². The summed E-state index contributed by atoms with van der Waals surface area (Å²) < 4.78 is 20.3. The molecular formula is C33H38FN7O5. The summed E-state index contributed by atoms with van der Waals surface area (Å²) in [7, 11) is 0. The molecule has 2 aromatic carbocycles. The molecule has 3 rings (SSSR count). The summed E-state index contributed by atoms with van der Waals surface area (Å²) in [6, 6.07) is 11.2. The molecule has 46 heavy (non-hydrogen) atoms. The van der Waals surface area contributed by atoms with Gasteiger partial charge < -0.3 is 20.1 Å². The Hall–Kier alpha value is -4.77. The van der Waals surface area contributed by atoms with Gasteiger partial charge in [0.05, 0.1) is 44.1 Å². The van der Waals surface area contributed by atoms with Crippen molar-refractivity contribution in [1.82, 2.24) is 4.98 Å². The predicted octanol–water partition coefficient (Wildman–Crippen LogP) is 8.20. The molecule has 0 bridgehead atoms. The molecule has 0 saturated carbocycles. The normalized spacial score (nSPS) is 12.6. The Morgan fingerprint density at radius 3 is 2.28 bits per heavy atom. The lowest BCUT2D eigenvalue weighted by Crippen LogP contribution is -2.19. The highest BCUT2D eigenvalue weighted by molar-refractivity contribution is 5.80. The fourth-order valence-electron chi connectivity index (χ4n) is 5.12. The Morgan fingerprint density at radius 2 is 1.67 bits per heavy atom. The minimum Gasteiger partial charge on any atom is -0.481 e. The summed E-state index contributed by atoms with van der Waals surface area (Å²) in [4.78, 5) is 21.7. The fraction of sp³-hybridized carbons (Fsp3) is 0.394. The first-order chi connectivity index (χ1) is 21.9. The summed E-state index contributed by atoms with van der Waals surface area (Å²) in [5.74, 6) is -1.63. The number of hydrogen-bond donors (Lipinski definition) is 3. The molecule has 1 heterocycles. The lowest BCUT2D eigenvalue weighted by atomic mass is 9.87. The molecule has 0 spiro atoms. The number of halogens is 1. The second-order valence-electron chi connectivity index (χ2n) is 11.5. The van der Waals surface area contributed by atoms with Crippen molar-refractivity contribution in [2.45, 2.75) is 84.3 Å². The molecule has 0 unspecified atom stereocenters. The number of aliphatic carboxylic acids is 1. The van der Waals surface area contributed by atoms with Crippen molar-refractivity contribution in [2.24, 2.45) is 10.2 Å². The number of rotatable bonds is 16. The Kier molecular flexibility index (Phi) is 13.2. The van der Waals surface area contributed by atoms with E-state index in [9.17, 15) is 19.4 Å². The van der Waals surface area contributed by atoms with Gasteiger partial charge in [-0.2, -0.15) is 0 Å². The molecule has 0 saturated heterocycles. The van der Waals surface area contributed by atoms with E-state index in [1.165, 1.54) is 18.2 Å². The van der Waals surface area contributed by atoms with Crippen molar-refractivity contribution in [3.05, 3.63) is 109 Å². The van der Waals surface area contributed by atoms with E-state index in [1.807, 2.05) is 27.7 Å². The van der Waals surface area contributed by atoms with Crippen molar-refractivity contribution in [1.29, 1.82) is 0 Å². The molecule has 2 atom stereocenters. The summed E-state index contributed by atoms with van der Waals surface area (Å²) in [6.07, 6.45) is 0.172. The van der Waals surface area contributed by atoms with Crippen LogP contribution in [0.15, 0.2) is 58.8 Å². The van der Waals surface area contributed by atoms with E-state index >= 15 is 0 Å². The zero-order valence-corrected chi connectivity index (χ0v) is 26.2. The average molecular weight is 632 g/mol. The van der Waals surface area contributed by atoms with E-state index in [4.69, 9.17) is 25.9 Å². The van der Waals surface area contributed by atoms with Crippen LogP contribution in [0.5, 0.6) is 0 Å². The second-order valence-corrected chi connectivity index (χ2v) is 11.5. The van der Waals surface area contributed by atoms with Gasteiger partial charge in [0.25, 0.3) is 0 Å². The maximum Gasteiger partial charge on any atom is 0.305 e. The zero-order chi connectivity index (χ0) is 33.8. The van der Waals surface area contributed by atoms with Crippen LogP contribution < -0.4 is 0 Å². The first-order valence-corrected chi connectivity index (χ1v) is 14.8. The van der Waals surface area contributed by atoms with Gasteiger partial charge in [-0.3, -0.25) is 9.78 Å². The molecular weight excluding hydrogens is 593 g/mol. The number of carboxylic acids is 1. The van der Waals surface area contributed by atoms with Gasteiger partial charge >= 0.3 is 5.97 Å². The van der Waals surface area contributed by atoms with Gasteiger partial charge in [0.2, 0.25) is 0 Å². The fourth-order valence-corrected chi connectivity index (χ4v) is 5.12. The molecule has 3 aromatic rings. The maximum absolute atomic E-state index is 14.1. The summed E-state index contributed by atoms with van der Waals surface area (Å²) in [6.45, 7) is 8.30. The van der Waals surface area contributed by atoms with E-state index in [0.29, 0.717) is 27.9 Å². The zero-order valence-electron chi connectivity index (χ0n) is 26.2. The summed E-state index contributed by atoms with van der Waals surface area (Å²) >= 11 is 0. The van der Waals surface area contributed by atoms with Crippen molar-refractivity contribution >= 4 is 17.7 Å². The van der Waals surface area contributed by atoms with Crippen LogP contribution in [0.4, 0.5) is 10.1 Å². The molecule has 3 N–H and O–H groups in total. The van der Waals surface area contributed by atoms with Crippen LogP contribution in [-0.2, 0) is 29.3 Å². The summed E-state index contributed by atoms with van der Waals surface area (Å²) in [5, 5.41) is 36.9.